The molecular weight excluding hydrogens is 284 g/mol. The monoisotopic (exact) mass is 298 g/mol. The van der Waals surface area contributed by atoms with Crippen LogP contribution in [0.5, 0.6) is 11.5 Å². The maximum atomic E-state index is 9.35. The van der Waals surface area contributed by atoms with E-state index in [4.69, 9.17) is 21.1 Å². The van der Waals surface area contributed by atoms with Crippen molar-refractivity contribution in [3.63, 3.8) is 0 Å². The Kier molecular flexibility index (Phi) is 5.07. The summed E-state index contributed by atoms with van der Waals surface area (Å²) >= 11 is 7.65. The van der Waals surface area contributed by atoms with Crippen molar-refractivity contribution in [2.75, 3.05) is 13.7 Å². The molecule has 0 saturated carbocycles. The minimum Gasteiger partial charge on any atom is -0.493 e. The highest BCUT2D eigenvalue weighted by molar-refractivity contribution is 7.09. The summed E-state index contributed by atoms with van der Waals surface area (Å²) in [6.07, 6.45) is 0.828. The van der Waals surface area contributed by atoms with Crippen molar-refractivity contribution in [1.29, 1.82) is 0 Å². The van der Waals surface area contributed by atoms with Gasteiger partial charge in [-0.25, -0.2) is 0 Å². The van der Waals surface area contributed by atoms with Gasteiger partial charge in [0.25, 0.3) is 0 Å². The third kappa shape index (κ3) is 3.62. The molecule has 19 heavy (non-hydrogen) atoms. The minimum atomic E-state index is -0.134. The Bertz CT molecular complexity index is 500. The Balaban J connectivity index is 2.09. The molecule has 0 unspecified atom stereocenters. The van der Waals surface area contributed by atoms with E-state index in [-0.39, 0.29) is 6.61 Å². The topological polar surface area (TPSA) is 38.7 Å². The van der Waals surface area contributed by atoms with Crippen molar-refractivity contribution >= 4 is 22.9 Å². The van der Waals surface area contributed by atoms with E-state index in [9.17, 15) is 5.11 Å². The van der Waals surface area contributed by atoms with E-state index in [1.165, 1.54) is 4.88 Å². The highest BCUT2D eigenvalue weighted by Crippen LogP contribution is 2.34. The van der Waals surface area contributed by atoms with E-state index in [0.29, 0.717) is 28.7 Å². The molecule has 0 radical (unpaired) electrons. The molecule has 2 aromatic rings. The average Bonchev–Trinajstić information content (AvgIpc) is 2.92. The van der Waals surface area contributed by atoms with Gasteiger partial charge in [0.05, 0.1) is 20.3 Å². The van der Waals surface area contributed by atoms with Crippen LogP contribution in [0.25, 0.3) is 0 Å². The highest BCUT2D eigenvalue weighted by Gasteiger charge is 2.12. The van der Waals surface area contributed by atoms with Gasteiger partial charge in [0.2, 0.25) is 0 Å². The second kappa shape index (κ2) is 6.80. The zero-order chi connectivity index (χ0) is 13.7. The number of hydrogen-bond acceptors (Lipinski definition) is 4. The van der Waals surface area contributed by atoms with Gasteiger partial charge in [0.1, 0.15) is 0 Å². The molecule has 0 fully saturated rings. The fourth-order valence-corrected chi connectivity index (χ4v) is 2.69. The number of rotatable bonds is 6. The smallest absolute Gasteiger partial charge is 0.166 e. The molecule has 0 atom stereocenters. The van der Waals surface area contributed by atoms with Crippen LogP contribution in [0.1, 0.15) is 10.4 Å². The molecule has 0 amide bonds. The second-order valence-corrected chi connectivity index (χ2v) is 5.40. The van der Waals surface area contributed by atoms with Crippen LogP contribution in [0.15, 0.2) is 29.6 Å². The first-order valence-electron chi connectivity index (χ1n) is 5.87. The van der Waals surface area contributed by atoms with E-state index >= 15 is 0 Å². The molecule has 0 aliphatic carbocycles. The van der Waals surface area contributed by atoms with Gasteiger partial charge in [-0.15, -0.1) is 11.3 Å². The largest absolute Gasteiger partial charge is 0.493 e. The van der Waals surface area contributed by atoms with Crippen molar-refractivity contribution in [3.8, 4) is 11.5 Å². The first-order valence-corrected chi connectivity index (χ1v) is 7.12. The quantitative estimate of drug-likeness (QED) is 0.887. The normalized spacial score (nSPS) is 10.5. The summed E-state index contributed by atoms with van der Waals surface area (Å²) in [6.45, 7) is 0.400. The lowest BCUT2D eigenvalue weighted by Crippen LogP contribution is -2.04. The zero-order valence-corrected chi connectivity index (χ0v) is 12.1. The molecule has 1 aromatic carbocycles. The fourth-order valence-electron chi connectivity index (χ4n) is 1.76. The summed E-state index contributed by atoms with van der Waals surface area (Å²) in [5.41, 5.74) is 0.635. The average molecular weight is 299 g/mol. The van der Waals surface area contributed by atoms with Crippen LogP contribution >= 0.6 is 22.9 Å². The number of halogens is 1. The lowest BCUT2D eigenvalue weighted by molar-refractivity contribution is 0.256. The Morgan fingerprint density at radius 1 is 1.37 bits per heavy atom. The summed E-state index contributed by atoms with van der Waals surface area (Å²) in [5.74, 6) is 1.11. The van der Waals surface area contributed by atoms with E-state index < -0.39 is 0 Å². The Morgan fingerprint density at radius 2 is 2.21 bits per heavy atom. The molecular formula is C14H15ClO3S. The van der Waals surface area contributed by atoms with Gasteiger partial charge in [0.15, 0.2) is 11.5 Å². The zero-order valence-electron chi connectivity index (χ0n) is 10.6. The molecule has 0 spiro atoms. The molecule has 0 saturated heterocycles. The number of ether oxygens (including phenoxy) is 2. The maximum absolute atomic E-state index is 9.35. The Morgan fingerprint density at radius 3 is 2.84 bits per heavy atom. The van der Waals surface area contributed by atoms with E-state index in [2.05, 4.69) is 6.07 Å². The number of aliphatic hydroxyl groups excluding tert-OH is 1. The lowest BCUT2D eigenvalue weighted by atomic mass is 10.2. The SMILES string of the molecule is COc1cc(Cl)cc(CO)c1OCCc1cccs1. The number of methoxy groups -OCH3 is 1. The molecule has 3 nitrogen and oxygen atoms in total. The third-order valence-electron chi connectivity index (χ3n) is 2.66. The molecule has 0 aliphatic heterocycles. The number of thiophene rings is 1. The van der Waals surface area contributed by atoms with Gasteiger partial charge >= 0.3 is 0 Å². The van der Waals surface area contributed by atoms with Crippen LogP contribution in [0, 0.1) is 0 Å². The molecule has 5 heteroatoms. The van der Waals surface area contributed by atoms with Crippen LogP contribution in [0.3, 0.4) is 0 Å². The number of aliphatic hydroxyl groups is 1. The lowest BCUT2D eigenvalue weighted by Gasteiger charge is -2.14. The summed E-state index contributed by atoms with van der Waals surface area (Å²) in [4.78, 5) is 1.26. The van der Waals surface area contributed by atoms with Gasteiger partial charge in [-0.3, -0.25) is 0 Å². The molecule has 1 heterocycles. The Labute approximate surface area is 121 Å². The van der Waals surface area contributed by atoms with E-state index in [1.807, 2.05) is 11.4 Å². The summed E-state index contributed by atoms with van der Waals surface area (Å²) < 4.78 is 11.0. The van der Waals surface area contributed by atoms with Crippen molar-refractivity contribution in [3.05, 3.63) is 45.1 Å². The molecule has 1 N–H and O–H groups in total. The van der Waals surface area contributed by atoms with Gasteiger partial charge in [-0.05, 0) is 17.5 Å². The van der Waals surface area contributed by atoms with Gasteiger partial charge < -0.3 is 14.6 Å². The van der Waals surface area contributed by atoms with Crippen LogP contribution in [0.4, 0.5) is 0 Å². The van der Waals surface area contributed by atoms with Crippen LogP contribution < -0.4 is 9.47 Å². The molecule has 1 aromatic heterocycles. The van der Waals surface area contributed by atoms with Crippen molar-refractivity contribution in [1.82, 2.24) is 0 Å². The standard InChI is InChI=1S/C14H15ClO3S/c1-17-13-8-11(15)7-10(9-16)14(13)18-5-4-12-3-2-6-19-12/h2-3,6-8,16H,4-5,9H2,1H3. The summed E-state index contributed by atoms with van der Waals surface area (Å²) in [7, 11) is 1.55. The summed E-state index contributed by atoms with van der Waals surface area (Å²) in [5, 5.41) is 11.9. The predicted octanol–water partition coefficient (Wildman–Crippen LogP) is 3.52. The first kappa shape index (κ1) is 14.2. The van der Waals surface area contributed by atoms with Crippen LogP contribution in [0.2, 0.25) is 5.02 Å². The first-order chi connectivity index (χ1) is 9.24. The Hall–Kier alpha value is -1.23. The van der Waals surface area contributed by atoms with Gasteiger partial charge in [-0.1, -0.05) is 17.7 Å². The number of hydrogen-bond donors (Lipinski definition) is 1. The minimum absolute atomic E-state index is 0.134. The second-order valence-electron chi connectivity index (χ2n) is 3.93. The van der Waals surface area contributed by atoms with Crippen molar-refractivity contribution in [2.45, 2.75) is 13.0 Å². The highest BCUT2D eigenvalue weighted by atomic mass is 35.5. The molecule has 2 rings (SSSR count). The predicted molar refractivity (Wildman–Crippen MR) is 77.4 cm³/mol. The van der Waals surface area contributed by atoms with Crippen LogP contribution in [-0.4, -0.2) is 18.8 Å². The maximum Gasteiger partial charge on any atom is 0.166 e. The molecule has 102 valence electrons. The van der Waals surface area contributed by atoms with Crippen molar-refractivity contribution < 1.29 is 14.6 Å². The third-order valence-corrected chi connectivity index (χ3v) is 3.82. The molecule has 0 aliphatic rings. The van der Waals surface area contributed by atoms with Gasteiger partial charge in [-0.2, -0.15) is 0 Å². The van der Waals surface area contributed by atoms with Gasteiger partial charge in [0, 0.05) is 28.0 Å². The number of benzene rings is 1. The van der Waals surface area contributed by atoms with E-state index in [1.54, 1.807) is 30.6 Å². The van der Waals surface area contributed by atoms with E-state index in [0.717, 1.165) is 6.42 Å². The fraction of sp³-hybridized carbons (Fsp3) is 0.286. The van der Waals surface area contributed by atoms with Crippen LogP contribution in [-0.2, 0) is 13.0 Å². The van der Waals surface area contributed by atoms with Crippen molar-refractivity contribution in [2.24, 2.45) is 0 Å². The summed E-state index contributed by atoms with van der Waals surface area (Å²) in [6, 6.07) is 7.45. The molecule has 0 bridgehead atoms.